The van der Waals surface area contributed by atoms with E-state index in [0.29, 0.717) is 5.92 Å². The third-order valence-electron chi connectivity index (χ3n) is 4.09. The minimum Gasteiger partial charge on any atom is -0.440 e. The summed E-state index contributed by atoms with van der Waals surface area (Å²) in [7, 11) is 0.0127. The molecular weight excluding hydrogens is 279 g/mol. The highest BCUT2D eigenvalue weighted by molar-refractivity contribution is 7.26. The fourth-order valence-electron chi connectivity index (χ4n) is 2.98. The van der Waals surface area contributed by atoms with Crippen molar-refractivity contribution in [2.24, 2.45) is 5.92 Å². The van der Waals surface area contributed by atoms with E-state index in [0.717, 1.165) is 11.5 Å². The summed E-state index contributed by atoms with van der Waals surface area (Å²) in [5.41, 5.74) is 3.78. The van der Waals surface area contributed by atoms with Crippen LogP contribution in [-0.4, -0.2) is 0 Å². The van der Waals surface area contributed by atoms with Crippen LogP contribution in [0.5, 0.6) is 5.75 Å². The van der Waals surface area contributed by atoms with Crippen LogP contribution in [0.1, 0.15) is 38.7 Å². The zero-order valence-electron chi connectivity index (χ0n) is 12.6. The first-order valence-electron chi connectivity index (χ1n) is 7.59. The Morgan fingerprint density at radius 1 is 1.19 bits per heavy atom. The van der Waals surface area contributed by atoms with Crippen LogP contribution in [0.15, 0.2) is 53.8 Å². The van der Waals surface area contributed by atoms with Crippen LogP contribution in [0.2, 0.25) is 0 Å². The van der Waals surface area contributed by atoms with Crippen molar-refractivity contribution in [1.29, 1.82) is 0 Å². The predicted octanol–water partition coefficient (Wildman–Crippen LogP) is 5.64. The highest BCUT2D eigenvalue weighted by Gasteiger charge is 2.25. The topological polar surface area (TPSA) is 18.5 Å². The van der Waals surface area contributed by atoms with Gasteiger partial charge >= 0.3 is 0 Å². The number of rotatable bonds is 3. The first-order valence-corrected chi connectivity index (χ1v) is 8.40. The molecule has 0 spiro atoms. The second-order valence-corrected chi connectivity index (χ2v) is 6.06. The van der Waals surface area contributed by atoms with Crippen molar-refractivity contribution >= 4 is 14.6 Å². The van der Waals surface area contributed by atoms with E-state index in [2.05, 4.69) is 44.2 Å². The molecule has 110 valence electrons. The van der Waals surface area contributed by atoms with E-state index in [1.54, 1.807) is 0 Å². The SMILES string of the molecule is CCCCC1C=CC=C2OPOc3ccccc3/C(C)=C\21. The highest BCUT2D eigenvalue weighted by Crippen LogP contribution is 2.43. The summed E-state index contributed by atoms with van der Waals surface area (Å²) >= 11 is 0. The van der Waals surface area contributed by atoms with Gasteiger partial charge in [0.25, 0.3) is 9.03 Å². The van der Waals surface area contributed by atoms with Crippen LogP contribution >= 0.6 is 9.03 Å². The van der Waals surface area contributed by atoms with Crippen molar-refractivity contribution in [2.45, 2.75) is 33.1 Å². The van der Waals surface area contributed by atoms with E-state index in [1.165, 1.54) is 36.0 Å². The smallest absolute Gasteiger partial charge is 0.275 e. The quantitative estimate of drug-likeness (QED) is 0.673. The summed E-state index contributed by atoms with van der Waals surface area (Å²) < 4.78 is 11.7. The molecule has 0 bridgehead atoms. The van der Waals surface area contributed by atoms with Gasteiger partial charge in [-0.2, -0.15) is 0 Å². The summed E-state index contributed by atoms with van der Waals surface area (Å²) in [5.74, 6) is 2.34. The average Bonchev–Trinajstić information content (AvgIpc) is 2.51. The molecule has 0 N–H and O–H groups in total. The Morgan fingerprint density at radius 2 is 2.05 bits per heavy atom. The molecule has 0 saturated carbocycles. The van der Waals surface area contributed by atoms with E-state index in [9.17, 15) is 0 Å². The van der Waals surface area contributed by atoms with Crippen molar-refractivity contribution in [3.8, 4) is 5.75 Å². The second kappa shape index (κ2) is 6.49. The molecule has 2 aliphatic rings. The molecule has 3 heteroatoms. The summed E-state index contributed by atoms with van der Waals surface area (Å²) in [6, 6.07) is 8.24. The summed E-state index contributed by atoms with van der Waals surface area (Å²) in [5, 5.41) is 0. The Bertz CT molecular complexity index is 613. The predicted molar refractivity (Wildman–Crippen MR) is 89.3 cm³/mol. The van der Waals surface area contributed by atoms with Crippen LogP contribution in [0.3, 0.4) is 0 Å². The van der Waals surface area contributed by atoms with E-state index in [4.69, 9.17) is 9.05 Å². The van der Waals surface area contributed by atoms with Crippen molar-refractivity contribution in [3.63, 3.8) is 0 Å². The number of unbranched alkanes of at least 4 members (excludes halogenated alkanes) is 1. The zero-order valence-corrected chi connectivity index (χ0v) is 13.6. The molecule has 0 fully saturated rings. The largest absolute Gasteiger partial charge is 0.440 e. The fourth-order valence-corrected chi connectivity index (χ4v) is 3.56. The number of hydrogen-bond donors (Lipinski definition) is 0. The van der Waals surface area contributed by atoms with E-state index in [1.807, 2.05) is 12.1 Å². The van der Waals surface area contributed by atoms with E-state index in [-0.39, 0.29) is 9.03 Å². The van der Waals surface area contributed by atoms with Gasteiger partial charge in [-0.3, -0.25) is 0 Å². The monoisotopic (exact) mass is 300 g/mol. The lowest BCUT2D eigenvalue weighted by molar-refractivity contribution is 0.416. The maximum Gasteiger partial charge on any atom is 0.275 e. The Morgan fingerprint density at radius 3 is 2.90 bits per heavy atom. The van der Waals surface area contributed by atoms with Crippen LogP contribution in [0, 0.1) is 5.92 Å². The maximum atomic E-state index is 5.88. The number of benzene rings is 1. The van der Waals surface area contributed by atoms with Gasteiger partial charge in [-0.25, -0.2) is 0 Å². The van der Waals surface area contributed by atoms with E-state index >= 15 is 0 Å². The lowest BCUT2D eigenvalue weighted by Crippen LogP contribution is -2.11. The Kier molecular flexibility index (Phi) is 4.45. The molecule has 2 atom stereocenters. The van der Waals surface area contributed by atoms with Crippen molar-refractivity contribution in [3.05, 3.63) is 59.4 Å². The molecule has 0 radical (unpaired) electrons. The molecule has 0 saturated heterocycles. The summed E-state index contributed by atoms with van der Waals surface area (Å²) in [4.78, 5) is 0. The summed E-state index contributed by atoms with van der Waals surface area (Å²) in [6.07, 6.45) is 10.1. The van der Waals surface area contributed by atoms with Crippen molar-refractivity contribution in [1.82, 2.24) is 0 Å². The molecule has 1 aromatic rings. The van der Waals surface area contributed by atoms with Gasteiger partial charge in [0.15, 0.2) is 0 Å². The van der Waals surface area contributed by atoms with Gasteiger partial charge in [0.2, 0.25) is 0 Å². The minimum atomic E-state index is 0.0127. The molecule has 1 aliphatic heterocycles. The van der Waals surface area contributed by atoms with Gasteiger partial charge in [0.1, 0.15) is 11.5 Å². The van der Waals surface area contributed by atoms with Crippen molar-refractivity contribution in [2.75, 3.05) is 0 Å². The lowest BCUT2D eigenvalue weighted by atomic mass is 9.84. The second-order valence-electron chi connectivity index (χ2n) is 5.49. The van der Waals surface area contributed by atoms with Crippen LogP contribution < -0.4 is 4.52 Å². The third-order valence-corrected chi connectivity index (χ3v) is 4.70. The molecule has 1 aliphatic carbocycles. The van der Waals surface area contributed by atoms with E-state index < -0.39 is 0 Å². The molecule has 3 rings (SSSR count). The molecule has 1 aromatic carbocycles. The van der Waals surface area contributed by atoms with Crippen molar-refractivity contribution < 1.29 is 9.05 Å². The first-order chi connectivity index (χ1) is 10.3. The molecule has 0 amide bonds. The third kappa shape index (κ3) is 2.91. The maximum absolute atomic E-state index is 5.88. The van der Waals surface area contributed by atoms with Crippen LogP contribution in [0.25, 0.3) is 5.57 Å². The standard InChI is InChI=1S/C18H21O2P/c1-3-4-8-14-9-7-12-17-18(14)13(2)15-10-5-6-11-16(15)19-21-20-17/h5-7,9-12,14,21H,3-4,8H2,1-2H3/b18-13-. The molecule has 2 unspecified atom stereocenters. The Balaban J connectivity index is 2.08. The molecule has 2 nitrogen and oxygen atoms in total. The molecule has 1 heterocycles. The molecule has 21 heavy (non-hydrogen) atoms. The van der Waals surface area contributed by atoms with Crippen LogP contribution in [-0.2, 0) is 4.52 Å². The van der Waals surface area contributed by atoms with Gasteiger partial charge < -0.3 is 9.05 Å². The minimum absolute atomic E-state index is 0.0127. The van der Waals surface area contributed by atoms with Gasteiger partial charge in [0.05, 0.1) is 0 Å². The van der Waals surface area contributed by atoms with Gasteiger partial charge in [-0.05, 0) is 31.1 Å². The summed E-state index contributed by atoms with van der Waals surface area (Å²) in [6.45, 7) is 4.42. The first kappa shape index (κ1) is 14.4. The lowest BCUT2D eigenvalue weighted by Gasteiger charge is -2.27. The molecule has 0 aromatic heterocycles. The number of para-hydroxylation sites is 1. The van der Waals surface area contributed by atoms with Gasteiger partial charge in [-0.15, -0.1) is 0 Å². The number of allylic oxidation sites excluding steroid dienone is 5. The number of hydrogen-bond acceptors (Lipinski definition) is 2. The van der Waals surface area contributed by atoms with Crippen LogP contribution in [0.4, 0.5) is 0 Å². The van der Waals surface area contributed by atoms with Gasteiger partial charge in [-0.1, -0.05) is 50.1 Å². The fraction of sp³-hybridized carbons (Fsp3) is 0.333. The zero-order chi connectivity index (χ0) is 14.7. The normalized spacial score (nSPS) is 25.0. The molecular formula is C18H21O2P. The Hall–Kier alpha value is -1.53. The Labute approximate surface area is 128 Å². The highest BCUT2D eigenvalue weighted by atomic mass is 31.1. The van der Waals surface area contributed by atoms with Gasteiger partial charge in [0, 0.05) is 17.1 Å². The average molecular weight is 300 g/mol. The number of fused-ring (bicyclic) bond motifs is 2.